The first-order chi connectivity index (χ1) is 14.7. The van der Waals surface area contributed by atoms with Crippen molar-refractivity contribution in [2.45, 2.75) is 63.4 Å². The molecule has 6 N–H and O–H groups in total. The number of amides is 1. The van der Waals surface area contributed by atoms with E-state index in [2.05, 4.69) is 5.32 Å². The maximum atomic E-state index is 12.5. The molecular formula is C21H28N2O8. The van der Waals surface area contributed by atoms with E-state index in [-0.39, 0.29) is 12.8 Å². The number of carboxylic acid groups (broad SMARTS) is 1. The Morgan fingerprint density at radius 2 is 1.90 bits per heavy atom. The number of carbonyl (C=O) groups excluding carboxylic acids is 1. The average Bonchev–Trinajstić information content (AvgIpc) is 3.07. The van der Waals surface area contributed by atoms with Crippen molar-refractivity contribution in [3.05, 3.63) is 35.5 Å². The summed E-state index contributed by atoms with van der Waals surface area (Å²) in [4.78, 5) is 23.7. The Labute approximate surface area is 178 Å². The maximum absolute atomic E-state index is 12.5. The molecule has 0 radical (unpaired) electrons. The first kappa shape index (κ1) is 23.2. The summed E-state index contributed by atoms with van der Waals surface area (Å²) in [7, 11) is 0. The lowest BCUT2D eigenvalue weighted by atomic mass is 9.98. The molecule has 1 aliphatic rings. The molecule has 1 fully saturated rings. The fraction of sp³-hybridized carbons (Fsp3) is 0.524. The SMILES string of the molecule is CC[C@@H](NC(=O)Cc1cn([C@@H]2O[C@H](CO)[C@@H](O)[C@H](O)[C@H]2O)c2ccc(C)cc12)C(=O)O. The van der Waals surface area contributed by atoms with E-state index in [1.54, 1.807) is 23.8 Å². The third-order valence-corrected chi connectivity index (χ3v) is 5.60. The van der Waals surface area contributed by atoms with Crippen molar-refractivity contribution in [3.8, 4) is 0 Å². The van der Waals surface area contributed by atoms with Gasteiger partial charge in [-0.1, -0.05) is 18.6 Å². The lowest BCUT2D eigenvalue weighted by Crippen LogP contribution is -2.56. The Hall–Kier alpha value is -2.50. The van der Waals surface area contributed by atoms with E-state index in [1.165, 1.54) is 0 Å². The van der Waals surface area contributed by atoms with E-state index in [0.29, 0.717) is 16.5 Å². The van der Waals surface area contributed by atoms with Crippen molar-refractivity contribution in [1.82, 2.24) is 9.88 Å². The number of rotatable bonds is 7. The molecule has 0 aliphatic carbocycles. The highest BCUT2D eigenvalue weighted by atomic mass is 16.6. The van der Waals surface area contributed by atoms with Crippen LogP contribution < -0.4 is 5.32 Å². The van der Waals surface area contributed by atoms with E-state index in [1.807, 2.05) is 19.1 Å². The Balaban J connectivity index is 1.97. The van der Waals surface area contributed by atoms with Crippen LogP contribution in [-0.2, 0) is 20.7 Å². The molecule has 3 rings (SSSR count). The van der Waals surface area contributed by atoms with Gasteiger partial charge < -0.3 is 40.2 Å². The van der Waals surface area contributed by atoms with Gasteiger partial charge in [0.05, 0.1) is 18.5 Å². The van der Waals surface area contributed by atoms with Gasteiger partial charge in [0.15, 0.2) is 6.23 Å². The zero-order valence-electron chi connectivity index (χ0n) is 17.3. The molecule has 0 spiro atoms. The lowest BCUT2D eigenvalue weighted by Gasteiger charge is -2.40. The molecule has 31 heavy (non-hydrogen) atoms. The Bertz CT molecular complexity index is 956. The van der Waals surface area contributed by atoms with Crippen LogP contribution >= 0.6 is 0 Å². The molecule has 1 saturated heterocycles. The first-order valence-corrected chi connectivity index (χ1v) is 10.1. The maximum Gasteiger partial charge on any atom is 0.326 e. The summed E-state index contributed by atoms with van der Waals surface area (Å²) >= 11 is 0. The molecule has 1 aliphatic heterocycles. The second kappa shape index (κ2) is 9.33. The molecule has 170 valence electrons. The topological polar surface area (TPSA) is 161 Å². The van der Waals surface area contributed by atoms with Crippen LogP contribution in [0.1, 0.15) is 30.7 Å². The highest BCUT2D eigenvalue weighted by Gasteiger charge is 2.44. The van der Waals surface area contributed by atoms with Gasteiger partial charge in [-0.25, -0.2) is 4.79 Å². The summed E-state index contributed by atoms with van der Waals surface area (Å²) in [5, 5.41) is 52.5. The molecule has 1 aromatic carbocycles. The fourth-order valence-corrected chi connectivity index (χ4v) is 3.86. The zero-order chi connectivity index (χ0) is 22.9. The van der Waals surface area contributed by atoms with Crippen LogP contribution in [0.2, 0.25) is 0 Å². The van der Waals surface area contributed by atoms with Gasteiger partial charge in [-0.15, -0.1) is 0 Å². The predicted octanol–water partition coefficient (Wildman–Crippen LogP) is -0.556. The Morgan fingerprint density at radius 1 is 1.19 bits per heavy atom. The van der Waals surface area contributed by atoms with Crippen molar-refractivity contribution in [2.75, 3.05) is 6.61 Å². The van der Waals surface area contributed by atoms with E-state index in [4.69, 9.17) is 9.84 Å². The van der Waals surface area contributed by atoms with Gasteiger partial charge in [-0.2, -0.15) is 0 Å². The quantitative estimate of drug-likeness (QED) is 0.337. The molecule has 1 amide bonds. The summed E-state index contributed by atoms with van der Waals surface area (Å²) < 4.78 is 7.21. The number of ether oxygens (including phenoxy) is 1. The lowest BCUT2D eigenvalue weighted by molar-refractivity contribution is -0.250. The van der Waals surface area contributed by atoms with Gasteiger partial charge in [-0.05, 0) is 31.0 Å². The smallest absolute Gasteiger partial charge is 0.326 e. The van der Waals surface area contributed by atoms with Crippen molar-refractivity contribution in [1.29, 1.82) is 0 Å². The number of carbonyl (C=O) groups is 2. The van der Waals surface area contributed by atoms with Gasteiger partial charge in [0.1, 0.15) is 30.5 Å². The van der Waals surface area contributed by atoms with Crippen molar-refractivity contribution in [3.63, 3.8) is 0 Å². The van der Waals surface area contributed by atoms with Gasteiger partial charge in [-0.3, -0.25) is 4.79 Å². The van der Waals surface area contributed by atoms with Crippen molar-refractivity contribution < 1.29 is 39.9 Å². The Morgan fingerprint density at radius 3 is 2.52 bits per heavy atom. The molecule has 2 heterocycles. The van der Waals surface area contributed by atoms with Crippen LogP contribution in [0.3, 0.4) is 0 Å². The number of fused-ring (bicyclic) bond motifs is 1. The molecule has 2 aromatic rings. The standard InChI is InChI=1S/C21H28N2O8/c1-3-13(21(29)30)22-16(25)7-11-8-23(14-5-4-10(2)6-12(11)14)20-19(28)18(27)17(26)15(9-24)31-20/h4-6,8,13,15,17-20,24,26-28H,3,7,9H2,1-2H3,(H,22,25)(H,29,30)/t13-,15-,17-,18+,19-,20-/m1/s1. The van der Waals surface area contributed by atoms with Gasteiger partial charge in [0.25, 0.3) is 0 Å². The number of benzene rings is 1. The monoisotopic (exact) mass is 436 g/mol. The van der Waals surface area contributed by atoms with Gasteiger partial charge in [0, 0.05) is 11.6 Å². The minimum absolute atomic E-state index is 0.103. The number of aliphatic carboxylic acids is 1. The number of aliphatic hydroxyl groups excluding tert-OH is 4. The highest BCUT2D eigenvalue weighted by Crippen LogP contribution is 2.33. The predicted molar refractivity (Wildman–Crippen MR) is 109 cm³/mol. The summed E-state index contributed by atoms with van der Waals surface area (Å²) in [6, 6.07) is 4.48. The third kappa shape index (κ3) is 4.58. The van der Waals surface area contributed by atoms with Crippen LogP contribution in [0.25, 0.3) is 10.9 Å². The molecule has 10 heteroatoms. The highest BCUT2D eigenvalue weighted by molar-refractivity contribution is 5.91. The minimum Gasteiger partial charge on any atom is -0.480 e. The van der Waals surface area contributed by atoms with Crippen LogP contribution in [0.15, 0.2) is 24.4 Å². The summed E-state index contributed by atoms with van der Waals surface area (Å²) in [6.07, 6.45) is -4.94. The number of aliphatic hydroxyl groups is 4. The summed E-state index contributed by atoms with van der Waals surface area (Å²) in [5.41, 5.74) is 2.12. The van der Waals surface area contributed by atoms with Gasteiger partial charge in [0.2, 0.25) is 5.91 Å². The second-order valence-electron chi connectivity index (χ2n) is 7.85. The number of hydrogen-bond acceptors (Lipinski definition) is 7. The fourth-order valence-electron chi connectivity index (χ4n) is 3.86. The minimum atomic E-state index is -1.54. The number of hydrogen-bond donors (Lipinski definition) is 6. The molecule has 10 nitrogen and oxygen atoms in total. The normalized spacial score (nSPS) is 27.2. The molecule has 0 bridgehead atoms. The Kier molecular flexibility index (Phi) is 6.97. The zero-order valence-corrected chi connectivity index (χ0v) is 17.3. The first-order valence-electron chi connectivity index (χ1n) is 10.1. The van der Waals surface area contributed by atoms with E-state index in [9.17, 15) is 30.0 Å². The number of carboxylic acids is 1. The second-order valence-corrected chi connectivity index (χ2v) is 7.85. The number of aromatic nitrogens is 1. The third-order valence-electron chi connectivity index (χ3n) is 5.60. The summed E-state index contributed by atoms with van der Waals surface area (Å²) in [6.45, 7) is 2.99. The van der Waals surface area contributed by atoms with Crippen molar-refractivity contribution in [2.24, 2.45) is 0 Å². The average molecular weight is 436 g/mol. The molecule has 0 saturated carbocycles. The summed E-state index contributed by atoms with van der Waals surface area (Å²) in [5.74, 6) is -1.58. The van der Waals surface area contributed by atoms with E-state index < -0.39 is 55.2 Å². The van der Waals surface area contributed by atoms with E-state index in [0.717, 1.165) is 5.56 Å². The van der Waals surface area contributed by atoms with Crippen LogP contribution in [0, 0.1) is 6.92 Å². The molecular weight excluding hydrogens is 408 g/mol. The van der Waals surface area contributed by atoms with Crippen LogP contribution in [-0.4, -0.2) is 79.0 Å². The largest absolute Gasteiger partial charge is 0.480 e. The number of nitrogens with one attached hydrogen (secondary N) is 1. The number of aryl methyl sites for hydroxylation is 1. The van der Waals surface area contributed by atoms with E-state index >= 15 is 0 Å². The van der Waals surface area contributed by atoms with Crippen molar-refractivity contribution >= 4 is 22.8 Å². The molecule has 6 atom stereocenters. The molecule has 1 aromatic heterocycles. The van der Waals surface area contributed by atoms with Crippen LogP contribution in [0.4, 0.5) is 0 Å². The molecule has 0 unspecified atom stereocenters. The van der Waals surface area contributed by atoms with Gasteiger partial charge >= 0.3 is 5.97 Å². The van der Waals surface area contributed by atoms with Crippen LogP contribution in [0.5, 0.6) is 0 Å². The number of nitrogens with zero attached hydrogens (tertiary/aromatic N) is 1.